The zero-order valence-electron chi connectivity index (χ0n) is 9.88. The Bertz CT molecular complexity index is 391. The van der Waals surface area contributed by atoms with Crippen LogP contribution < -0.4 is 0 Å². The Balaban J connectivity index is 1.90. The fourth-order valence-corrected chi connectivity index (χ4v) is 4.39. The lowest BCUT2D eigenvalue weighted by Crippen LogP contribution is -2.45. The summed E-state index contributed by atoms with van der Waals surface area (Å²) in [6.07, 6.45) is 10.2. The molecule has 4 rings (SSSR count). The third-order valence-corrected chi connectivity index (χ3v) is 6.02. The molecule has 4 aliphatic rings. The van der Waals surface area contributed by atoms with Gasteiger partial charge in [0.1, 0.15) is 5.83 Å². The summed E-state index contributed by atoms with van der Waals surface area (Å²) in [6, 6.07) is 0. The first-order chi connectivity index (χ1) is 8.04. The molecule has 0 saturated heterocycles. The van der Waals surface area contributed by atoms with E-state index in [1.54, 1.807) is 0 Å². The highest BCUT2D eigenvalue weighted by atomic mass is 79.9. The molecule has 1 unspecified atom stereocenters. The maximum atomic E-state index is 14.4. The van der Waals surface area contributed by atoms with Crippen molar-refractivity contribution < 1.29 is 9.50 Å². The molecular formula is C14H18BrFO. The molecular weight excluding hydrogens is 283 g/mol. The number of fused-ring (bicyclic) bond motifs is 2. The molecule has 2 bridgehead atoms. The van der Waals surface area contributed by atoms with E-state index in [-0.39, 0.29) is 15.6 Å². The van der Waals surface area contributed by atoms with Crippen LogP contribution in [0.2, 0.25) is 0 Å². The molecule has 4 aliphatic carbocycles. The number of halogens is 2. The molecule has 1 atom stereocenters. The van der Waals surface area contributed by atoms with Crippen molar-refractivity contribution in [2.45, 2.75) is 49.3 Å². The molecule has 17 heavy (non-hydrogen) atoms. The second-order valence-electron chi connectivity index (χ2n) is 5.85. The monoisotopic (exact) mass is 300 g/mol. The van der Waals surface area contributed by atoms with Gasteiger partial charge in [-0.25, -0.2) is 4.39 Å². The lowest BCUT2D eigenvalue weighted by molar-refractivity contribution is 0.0725. The number of aliphatic hydroxyl groups is 1. The number of aliphatic hydroxyl groups excluding tert-OH is 1. The Morgan fingerprint density at radius 3 is 2.53 bits per heavy atom. The maximum absolute atomic E-state index is 14.4. The summed E-state index contributed by atoms with van der Waals surface area (Å²) in [7, 11) is 0. The van der Waals surface area contributed by atoms with Gasteiger partial charge in [-0.05, 0) is 56.6 Å². The number of hydrogen-bond acceptors (Lipinski definition) is 1. The Morgan fingerprint density at radius 2 is 2.00 bits per heavy atom. The van der Waals surface area contributed by atoms with Crippen LogP contribution in [-0.2, 0) is 0 Å². The van der Waals surface area contributed by atoms with Gasteiger partial charge in [0.05, 0.1) is 5.76 Å². The molecule has 0 aromatic heterocycles. The average molecular weight is 301 g/mol. The molecule has 0 aliphatic heterocycles. The van der Waals surface area contributed by atoms with E-state index in [0.717, 1.165) is 44.9 Å². The summed E-state index contributed by atoms with van der Waals surface area (Å²) in [6.45, 7) is 0. The zero-order valence-corrected chi connectivity index (χ0v) is 11.5. The first-order valence-electron chi connectivity index (χ1n) is 6.50. The standard InChI is InChI=1S/C14H18BrFO/c15-13-5-7-14(8-6-13,12(16)9-13)10-1-3-11(17)4-2-10/h3,9-10,17H,1-2,4-8H2. The van der Waals surface area contributed by atoms with Crippen molar-refractivity contribution in [3.63, 3.8) is 0 Å². The Hall–Kier alpha value is -0.310. The highest BCUT2D eigenvalue weighted by Gasteiger charge is 2.52. The molecule has 0 radical (unpaired) electrons. The van der Waals surface area contributed by atoms with Crippen molar-refractivity contribution in [1.82, 2.24) is 0 Å². The lowest BCUT2D eigenvalue weighted by Gasteiger charge is -2.51. The van der Waals surface area contributed by atoms with E-state index >= 15 is 0 Å². The summed E-state index contributed by atoms with van der Waals surface area (Å²) in [5.41, 5.74) is -0.216. The van der Waals surface area contributed by atoms with Crippen molar-refractivity contribution in [1.29, 1.82) is 0 Å². The van der Waals surface area contributed by atoms with Crippen molar-refractivity contribution in [2.75, 3.05) is 0 Å². The van der Waals surface area contributed by atoms with Gasteiger partial charge in [-0.2, -0.15) is 0 Å². The third-order valence-electron chi connectivity index (χ3n) is 5.00. The normalized spacial score (nSPS) is 45.4. The molecule has 1 N–H and O–H groups in total. The fraction of sp³-hybridized carbons (Fsp3) is 0.714. The smallest absolute Gasteiger partial charge is 0.104 e. The van der Waals surface area contributed by atoms with Gasteiger partial charge in [-0.15, -0.1) is 0 Å². The Morgan fingerprint density at radius 1 is 1.29 bits per heavy atom. The molecule has 0 amide bonds. The van der Waals surface area contributed by atoms with Crippen LogP contribution in [0.1, 0.15) is 44.9 Å². The van der Waals surface area contributed by atoms with E-state index in [1.807, 2.05) is 12.2 Å². The predicted octanol–water partition coefficient (Wildman–Crippen LogP) is 4.79. The predicted molar refractivity (Wildman–Crippen MR) is 69.8 cm³/mol. The summed E-state index contributed by atoms with van der Waals surface area (Å²) >= 11 is 3.66. The van der Waals surface area contributed by atoms with Gasteiger partial charge in [0.15, 0.2) is 0 Å². The number of rotatable bonds is 1. The topological polar surface area (TPSA) is 20.2 Å². The SMILES string of the molecule is OC1=CCC(C23CCC(Br)(C=C2F)CC3)CC1. The average Bonchev–Trinajstić information content (AvgIpc) is 2.30. The van der Waals surface area contributed by atoms with Crippen LogP contribution in [0.3, 0.4) is 0 Å². The van der Waals surface area contributed by atoms with Crippen molar-refractivity contribution in [3.8, 4) is 0 Å². The van der Waals surface area contributed by atoms with Gasteiger partial charge in [0.2, 0.25) is 0 Å². The van der Waals surface area contributed by atoms with Gasteiger partial charge in [0, 0.05) is 16.2 Å². The number of allylic oxidation sites excluding steroid dienone is 4. The largest absolute Gasteiger partial charge is 0.513 e. The minimum Gasteiger partial charge on any atom is -0.513 e. The lowest BCUT2D eigenvalue weighted by atomic mass is 9.56. The highest BCUT2D eigenvalue weighted by Crippen LogP contribution is 2.61. The van der Waals surface area contributed by atoms with Crippen molar-refractivity contribution >= 4 is 15.9 Å². The maximum Gasteiger partial charge on any atom is 0.104 e. The molecule has 0 spiro atoms. The molecule has 1 nitrogen and oxygen atoms in total. The highest BCUT2D eigenvalue weighted by molar-refractivity contribution is 9.10. The van der Waals surface area contributed by atoms with Crippen molar-refractivity contribution in [3.05, 3.63) is 23.7 Å². The van der Waals surface area contributed by atoms with E-state index in [1.165, 1.54) is 0 Å². The van der Waals surface area contributed by atoms with Gasteiger partial charge in [-0.3, -0.25) is 0 Å². The fourth-order valence-electron chi connectivity index (χ4n) is 3.79. The van der Waals surface area contributed by atoms with E-state index < -0.39 is 0 Å². The molecule has 3 heteroatoms. The van der Waals surface area contributed by atoms with E-state index in [0.29, 0.717) is 11.7 Å². The summed E-state index contributed by atoms with van der Waals surface area (Å²) in [5.74, 6) is 0.974. The number of hydrogen-bond donors (Lipinski definition) is 1. The Labute approximate surface area is 110 Å². The van der Waals surface area contributed by atoms with Gasteiger partial charge >= 0.3 is 0 Å². The summed E-state index contributed by atoms with van der Waals surface area (Å²) < 4.78 is 14.3. The van der Waals surface area contributed by atoms with E-state index in [2.05, 4.69) is 15.9 Å². The van der Waals surface area contributed by atoms with Crippen LogP contribution in [0.5, 0.6) is 0 Å². The number of alkyl halides is 1. The van der Waals surface area contributed by atoms with Gasteiger partial charge in [0.25, 0.3) is 0 Å². The first kappa shape index (κ1) is 11.8. The second-order valence-corrected chi connectivity index (χ2v) is 7.43. The van der Waals surface area contributed by atoms with E-state index in [4.69, 9.17) is 0 Å². The van der Waals surface area contributed by atoms with E-state index in [9.17, 15) is 9.50 Å². The Kier molecular flexibility index (Phi) is 2.66. The first-order valence-corrected chi connectivity index (χ1v) is 7.29. The van der Waals surface area contributed by atoms with Crippen LogP contribution in [-0.4, -0.2) is 9.43 Å². The molecule has 0 aromatic carbocycles. The quantitative estimate of drug-likeness (QED) is 0.690. The van der Waals surface area contributed by atoms with Crippen molar-refractivity contribution in [2.24, 2.45) is 11.3 Å². The van der Waals surface area contributed by atoms with Gasteiger partial charge < -0.3 is 5.11 Å². The summed E-state index contributed by atoms with van der Waals surface area (Å²) in [5, 5.41) is 9.44. The van der Waals surface area contributed by atoms with Crippen LogP contribution in [0.15, 0.2) is 23.7 Å². The summed E-state index contributed by atoms with van der Waals surface area (Å²) in [4.78, 5) is 0. The zero-order chi connectivity index (χ0) is 12.1. The molecule has 0 heterocycles. The molecule has 0 aromatic rings. The van der Waals surface area contributed by atoms with Crippen LogP contribution in [0.4, 0.5) is 4.39 Å². The second kappa shape index (κ2) is 3.84. The van der Waals surface area contributed by atoms with Crippen LogP contribution >= 0.6 is 15.9 Å². The van der Waals surface area contributed by atoms with Gasteiger partial charge in [-0.1, -0.05) is 15.9 Å². The van der Waals surface area contributed by atoms with Crippen LogP contribution in [0.25, 0.3) is 0 Å². The minimum atomic E-state index is -0.216. The molecule has 1 fully saturated rings. The van der Waals surface area contributed by atoms with Crippen LogP contribution in [0, 0.1) is 11.3 Å². The minimum absolute atomic E-state index is 0.0640. The third kappa shape index (κ3) is 1.78. The molecule has 94 valence electrons. The molecule has 1 saturated carbocycles.